The van der Waals surface area contributed by atoms with Crippen molar-refractivity contribution in [1.29, 1.82) is 0 Å². The van der Waals surface area contributed by atoms with E-state index in [9.17, 15) is 0 Å². The normalized spacial score (nSPS) is 10.3. The van der Waals surface area contributed by atoms with Crippen molar-refractivity contribution in [1.82, 2.24) is 0 Å². The first-order valence-corrected chi connectivity index (χ1v) is 6.39. The van der Waals surface area contributed by atoms with Crippen LogP contribution in [-0.4, -0.2) is 0 Å². The lowest BCUT2D eigenvalue weighted by Crippen LogP contribution is -1.98. The van der Waals surface area contributed by atoms with Gasteiger partial charge in [-0.3, -0.25) is 0 Å². The van der Waals surface area contributed by atoms with Crippen molar-refractivity contribution in [2.45, 2.75) is 20.5 Å². The second kappa shape index (κ2) is 5.37. The maximum Gasteiger partial charge on any atom is 0.119 e. The molecule has 88 valence electrons. The molecule has 0 N–H and O–H groups in total. The minimum Gasteiger partial charge on any atom is -0.489 e. The van der Waals surface area contributed by atoms with Gasteiger partial charge in [-0.05, 0) is 49.2 Å². The van der Waals surface area contributed by atoms with E-state index in [4.69, 9.17) is 4.74 Å². The fourth-order valence-electron chi connectivity index (χ4n) is 1.70. The molecular formula is C15H15BrO. The zero-order valence-corrected chi connectivity index (χ0v) is 11.6. The van der Waals surface area contributed by atoms with Crippen LogP contribution in [0, 0.1) is 13.8 Å². The first-order chi connectivity index (χ1) is 8.15. The number of aryl methyl sites for hydroxylation is 2. The molecule has 0 spiro atoms. The maximum atomic E-state index is 5.75. The Morgan fingerprint density at radius 1 is 1.00 bits per heavy atom. The van der Waals surface area contributed by atoms with Crippen LogP contribution >= 0.6 is 15.9 Å². The van der Waals surface area contributed by atoms with E-state index < -0.39 is 0 Å². The van der Waals surface area contributed by atoms with Gasteiger partial charge in [-0.2, -0.15) is 0 Å². The molecule has 0 aliphatic carbocycles. The Balaban J connectivity index is 2.04. The molecule has 0 bridgehead atoms. The zero-order valence-electron chi connectivity index (χ0n) is 10.0. The van der Waals surface area contributed by atoms with E-state index in [-0.39, 0.29) is 0 Å². The van der Waals surface area contributed by atoms with E-state index >= 15 is 0 Å². The van der Waals surface area contributed by atoms with Gasteiger partial charge in [0.25, 0.3) is 0 Å². The molecule has 0 radical (unpaired) electrons. The van der Waals surface area contributed by atoms with E-state index in [1.165, 1.54) is 16.7 Å². The topological polar surface area (TPSA) is 9.23 Å². The summed E-state index contributed by atoms with van der Waals surface area (Å²) in [6.45, 7) is 4.84. The van der Waals surface area contributed by atoms with Gasteiger partial charge in [-0.15, -0.1) is 0 Å². The Morgan fingerprint density at radius 2 is 1.71 bits per heavy atom. The molecule has 0 aliphatic rings. The average molecular weight is 291 g/mol. The Morgan fingerprint density at radius 3 is 2.35 bits per heavy atom. The van der Waals surface area contributed by atoms with Gasteiger partial charge >= 0.3 is 0 Å². The van der Waals surface area contributed by atoms with Crippen LogP contribution in [0.25, 0.3) is 0 Å². The summed E-state index contributed by atoms with van der Waals surface area (Å²) in [6.07, 6.45) is 0. The molecule has 0 unspecified atom stereocenters. The standard InChI is InChI=1S/C15H15BrO/c1-11-3-4-13(12(2)9-11)10-17-15-7-5-14(16)6-8-15/h3-9H,10H2,1-2H3. The molecule has 0 heterocycles. The van der Waals surface area contributed by atoms with Crippen LogP contribution in [-0.2, 0) is 6.61 Å². The van der Waals surface area contributed by atoms with Crippen LogP contribution in [0.2, 0.25) is 0 Å². The van der Waals surface area contributed by atoms with Crippen molar-refractivity contribution in [2.75, 3.05) is 0 Å². The van der Waals surface area contributed by atoms with Crippen molar-refractivity contribution in [3.63, 3.8) is 0 Å². The third kappa shape index (κ3) is 3.34. The van der Waals surface area contributed by atoms with Gasteiger partial charge in [-0.25, -0.2) is 0 Å². The summed E-state index contributed by atoms with van der Waals surface area (Å²) in [7, 11) is 0. The smallest absolute Gasteiger partial charge is 0.119 e. The summed E-state index contributed by atoms with van der Waals surface area (Å²) in [6, 6.07) is 14.3. The molecule has 0 saturated carbocycles. The van der Waals surface area contributed by atoms with Crippen LogP contribution in [0.4, 0.5) is 0 Å². The zero-order chi connectivity index (χ0) is 12.3. The fourth-order valence-corrected chi connectivity index (χ4v) is 1.96. The molecule has 2 aromatic rings. The van der Waals surface area contributed by atoms with Gasteiger partial charge in [0.15, 0.2) is 0 Å². The average Bonchev–Trinajstić information content (AvgIpc) is 2.30. The number of benzene rings is 2. The summed E-state index contributed by atoms with van der Waals surface area (Å²) >= 11 is 3.41. The van der Waals surface area contributed by atoms with Gasteiger partial charge in [-0.1, -0.05) is 39.7 Å². The highest BCUT2D eigenvalue weighted by atomic mass is 79.9. The Bertz CT molecular complexity index is 503. The van der Waals surface area contributed by atoms with Gasteiger partial charge in [0.2, 0.25) is 0 Å². The van der Waals surface area contributed by atoms with Crippen molar-refractivity contribution in [3.8, 4) is 5.75 Å². The van der Waals surface area contributed by atoms with E-state index in [1.807, 2.05) is 24.3 Å². The monoisotopic (exact) mass is 290 g/mol. The minimum absolute atomic E-state index is 0.619. The third-order valence-corrected chi connectivity index (χ3v) is 3.23. The van der Waals surface area contributed by atoms with E-state index in [0.717, 1.165) is 10.2 Å². The van der Waals surface area contributed by atoms with E-state index in [2.05, 4.69) is 48.0 Å². The molecule has 0 fully saturated rings. The molecule has 0 atom stereocenters. The molecule has 0 aliphatic heterocycles. The second-order valence-corrected chi connectivity index (χ2v) is 5.09. The fraction of sp³-hybridized carbons (Fsp3) is 0.200. The van der Waals surface area contributed by atoms with Crippen molar-refractivity contribution in [3.05, 3.63) is 63.6 Å². The molecular weight excluding hydrogens is 276 g/mol. The van der Waals surface area contributed by atoms with Crippen LogP contribution in [0.1, 0.15) is 16.7 Å². The van der Waals surface area contributed by atoms with Crippen LogP contribution < -0.4 is 4.74 Å². The minimum atomic E-state index is 0.619. The van der Waals surface area contributed by atoms with Gasteiger partial charge in [0.1, 0.15) is 12.4 Å². The molecule has 2 aromatic carbocycles. The number of halogens is 1. The highest BCUT2D eigenvalue weighted by molar-refractivity contribution is 9.10. The molecule has 1 nitrogen and oxygen atoms in total. The first-order valence-electron chi connectivity index (χ1n) is 5.59. The Hall–Kier alpha value is -1.28. The Labute approximate surface area is 111 Å². The third-order valence-electron chi connectivity index (χ3n) is 2.71. The van der Waals surface area contributed by atoms with Gasteiger partial charge in [0, 0.05) is 4.47 Å². The van der Waals surface area contributed by atoms with Gasteiger partial charge in [0.05, 0.1) is 0 Å². The van der Waals surface area contributed by atoms with E-state index in [0.29, 0.717) is 6.61 Å². The number of hydrogen-bond donors (Lipinski definition) is 0. The molecule has 0 saturated heterocycles. The second-order valence-electron chi connectivity index (χ2n) is 4.17. The molecule has 0 aromatic heterocycles. The van der Waals surface area contributed by atoms with Crippen LogP contribution in [0.15, 0.2) is 46.9 Å². The lowest BCUT2D eigenvalue weighted by molar-refractivity contribution is 0.305. The largest absolute Gasteiger partial charge is 0.489 e. The highest BCUT2D eigenvalue weighted by Crippen LogP contribution is 2.18. The SMILES string of the molecule is Cc1ccc(COc2ccc(Br)cc2)c(C)c1. The van der Waals surface area contributed by atoms with Crippen molar-refractivity contribution in [2.24, 2.45) is 0 Å². The number of ether oxygens (including phenoxy) is 1. The van der Waals surface area contributed by atoms with Crippen LogP contribution in [0.5, 0.6) is 5.75 Å². The lowest BCUT2D eigenvalue weighted by Gasteiger charge is -2.09. The molecule has 2 rings (SSSR count). The number of hydrogen-bond acceptors (Lipinski definition) is 1. The van der Waals surface area contributed by atoms with E-state index in [1.54, 1.807) is 0 Å². The quantitative estimate of drug-likeness (QED) is 0.800. The first kappa shape index (κ1) is 12.2. The number of rotatable bonds is 3. The van der Waals surface area contributed by atoms with Crippen LogP contribution in [0.3, 0.4) is 0 Å². The Kier molecular flexibility index (Phi) is 3.85. The van der Waals surface area contributed by atoms with Crippen molar-refractivity contribution >= 4 is 15.9 Å². The summed E-state index contributed by atoms with van der Waals surface area (Å²) in [5.41, 5.74) is 3.80. The maximum absolute atomic E-state index is 5.75. The summed E-state index contributed by atoms with van der Waals surface area (Å²) in [4.78, 5) is 0. The predicted molar refractivity (Wildman–Crippen MR) is 74.4 cm³/mol. The molecule has 2 heteroatoms. The summed E-state index contributed by atoms with van der Waals surface area (Å²) in [5.74, 6) is 0.896. The summed E-state index contributed by atoms with van der Waals surface area (Å²) in [5, 5.41) is 0. The molecule has 17 heavy (non-hydrogen) atoms. The lowest BCUT2D eigenvalue weighted by atomic mass is 10.1. The van der Waals surface area contributed by atoms with Gasteiger partial charge < -0.3 is 4.74 Å². The highest BCUT2D eigenvalue weighted by Gasteiger charge is 2.00. The molecule has 0 amide bonds. The predicted octanol–water partition coefficient (Wildman–Crippen LogP) is 4.64. The summed E-state index contributed by atoms with van der Waals surface area (Å²) < 4.78 is 6.81. The van der Waals surface area contributed by atoms with Crippen molar-refractivity contribution < 1.29 is 4.74 Å².